The lowest BCUT2D eigenvalue weighted by Gasteiger charge is -2.32. The molecule has 1 unspecified atom stereocenters. The second kappa shape index (κ2) is 4.58. The van der Waals surface area contributed by atoms with Crippen molar-refractivity contribution < 1.29 is 19.4 Å². The SMILES string of the molecule is COCCC1(C(=O)O)CCCOC1. The molecule has 0 amide bonds. The molecule has 0 aliphatic carbocycles. The monoisotopic (exact) mass is 188 g/mol. The van der Waals surface area contributed by atoms with Gasteiger partial charge >= 0.3 is 5.97 Å². The third-order valence-corrected chi connectivity index (χ3v) is 2.56. The largest absolute Gasteiger partial charge is 0.481 e. The van der Waals surface area contributed by atoms with Crippen molar-refractivity contribution in [2.45, 2.75) is 19.3 Å². The quantitative estimate of drug-likeness (QED) is 0.712. The highest BCUT2D eigenvalue weighted by atomic mass is 16.5. The van der Waals surface area contributed by atoms with E-state index in [1.54, 1.807) is 7.11 Å². The van der Waals surface area contributed by atoms with Gasteiger partial charge < -0.3 is 14.6 Å². The number of rotatable bonds is 4. The Labute approximate surface area is 77.8 Å². The molecule has 4 nitrogen and oxygen atoms in total. The first-order chi connectivity index (χ1) is 6.21. The molecule has 1 aliphatic heterocycles. The highest BCUT2D eigenvalue weighted by Gasteiger charge is 2.40. The molecule has 13 heavy (non-hydrogen) atoms. The van der Waals surface area contributed by atoms with Crippen molar-refractivity contribution in [2.24, 2.45) is 5.41 Å². The minimum Gasteiger partial charge on any atom is -0.481 e. The van der Waals surface area contributed by atoms with Crippen LogP contribution in [0.2, 0.25) is 0 Å². The molecule has 1 atom stereocenters. The van der Waals surface area contributed by atoms with Gasteiger partial charge in [0.15, 0.2) is 0 Å². The molecular formula is C9H16O4. The number of carbonyl (C=O) groups is 1. The lowest BCUT2D eigenvalue weighted by molar-refractivity contribution is -0.159. The average Bonchev–Trinajstić information content (AvgIpc) is 2.16. The molecule has 4 heteroatoms. The van der Waals surface area contributed by atoms with Crippen LogP contribution >= 0.6 is 0 Å². The molecule has 1 fully saturated rings. The fourth-order valence-electron chi connectivity index (χ4n) is 1.62. The van der Waals surface area contributed by atoms with Gasteiger partial charge in [0.25, 0.3) is 0 Å². The summed E-state index contributed by atoms with van der Waals surface area (Å²) in [5, 5.41) is 9.08. The van der Waals surface area contributed by atoms with Crippen LogP contribution in [-0.2, 0) is 14.3 Å². The number of methoxy groups -OCH3 is 1. The summed E-state index contributed by atoms with van der Waals surface area (Å²) in [6.07, 6.45) is 2.07. The van der Waals surface area contributed by atoms with E-state index in [1.807, 2.05) is 0 Å². The fraction of sp³-hybridized carbons (Fsp3) is 0.889. The van der Waals surface area contributed by atoms with Gasteiger partial charge in [0.1, 0.15) is 0 Å². The Kier molecular flexibility index (Phi) is 3.69. The van der Waals surface area contributed by atoms with Crippen molar-refractivity contribution in [1.82, 2.24) is 0 Å². The Morgan fingerprint density at radius 2 is 2.46 bits per heavy atom. The predicted octanol–water partition coefficient (Wildman–Crippen LogP) is 0.904. The number of carboxylic acids is 1. The Hall–Kier alpha value is -0.610. The molecule has 0 saturated carbocycles. The van der Waals surface area contributed by atoms with E-state index in [4.69, 9.17) is 14.6 Å². The molecule has 0 aromatic heterocycles. The van der Waals surface area contributed by atoms with Gasteiger partial charge in [-0.05, 0) is 19.3 Å². The molecule has 1 heterocycles. The van der Waals surface area contributed by atoms with Crippen LogP contribution in [-0.4, -0.2) is 38.0 Å². The zero-order chi connectivity index (χ0) is 9.73. The van der Waals surface area contributed by atoms with E-state index in [2.05, 4.69) is 0 Å². The summed E-state index contributed by atoms with van der Waals surface area (Å²) >= 11 is 0. The van der Waals surface area contributed by atoms with E-state index >= 15 is 0 Å². The Morgan fingerprint density at radius 1 is 1.69 bits per heavy atom. The van der Waals surface area contributed by atoms with Crippen molar-refractivity contribution in [2.75, 3.05) is 26.9 Å². The highest BCUT2D eigenvalue weighted by Crippen LogP contribution is 2.32. The first-order valence-electron chi connectivity index (χ1n) is 4.51. The van der Waals surface area contributed by atoms with Crippen LogP contribution in [0, 0.1) is 5.41 Å². The maximum absolute atomic E-state index is 11.0. The molecule has 0 bridgehead atoms. The maximum Gasteiger partial charge on any atom is 0.312 e. The lowest BCUT2D eigenvalue weighted by Crippen LogP contribution is -2.40. The molecule has 76 valence electrons. The number of hydrogen-bond acceptors (Lipinski definition) is 3. The molecule has 0 radical (unpaired) electrons. The summed E-state index contributed by atoms with van der Waals surface area (Å²) in [7, 11) is 1.58. The minimum atomic E-state index is -0.760. The first kappa shape index (κ1) is 10.5. The minimum absolute atomic E-state index is 0.325. The second-order valence-corrected chi connectivity index (χ2v) is 3.48. The molecule has 0 aromatic carbocycles. The van der Waals surface area contributed by atoms with E-state index in [1.165, 1.54) is 0 Å². The molecule has 0 spiro atoms. The Morgan fingerprint density at radius 3 is 2.92 bits per heavy atom. The zero-order valence-electron chi connectivity index (χ0n) is 7.91. The maximum atomic E-state index is 11.0. The van der Waals surface area contributed by atoms with Crippen molar-refractivity contribution >= 4 is 5.97 Å². The third kappa shape index (κ3) is 2.42. The summed E-state index contributed by atoms with van der Waals surface area (Å²) in [5.74, 6) is -0.760. The van der Waals surface area contributed by atoms with E-state index in [9.17, 15) is 4.79 Å². The number of ether oxygens (including phenoxy) is 2. The standard InChI is InChI=1S/C9H16O4/c1-12-6-4-9(8(10)11)3-2-5-13-7-9/h2-7H2,1H3,(H,10,11). The van der Waals surface area contributed by atoms with Crippen molar-refractivity contribution in [3.63, 3.8) is 0 Å². The average molecular weight is 188 g/mol. The summed E-state index contributed by atoms with van der Waals surface area (Å²) in [4.78, 5) is 11.0. The van der Waals surface area contributed by atoms with Crippen molar-refractivity contribution in [1.29, 1.82) is 0 Å². The normalized spacial score (nSPS) is 28.7. The lowest BCUT2D eigenvalue weighted by atomic mass is 9.80. The van der Waals surface area contributed by atoms with Crippen LogP contribution in [0.1, 0.15) is 19.3 Å². The first-order valence-corrected chi connectivity index (χ1v) is 4.51. The Bertz CT molecular complexity index is 172. The van der Waals surface area contributed by atoms with E-state index in [0.29, 0.717) is 32.7 Å². The van der Waals surface area contributed by atoms with Gasteiger partial charge in [0.2, 0.25) is 0 Å². The number of aliphatic carboxylic acids is 1. The summed E-state index contributed by atoms with van der Waals surface area (Å²) in [6.45, 7) is 1.49. The molecule has 1 aliphatic rings. The van der Waals surface area contributed by atoms with Crippen molar-refractivity contribution in [3.8, 4) is 0 Å². The van der Waals surface area contributed by atoms with Gasteiger partial charge in [-0.3, -0.25) is 4.79 Å². The topological polar surface area (TPSA) is 55.8 Å². The van der Waals surface area contributed by atoms with Gasteiger partial charge in [-0.2, -0.15) is 0 Å². The van der Waals surface area contributed by atoms with Crippen LogP contribution < -0.4 is 0 Å². The van der Waals surface area contributed by atoms with Gasteiger partial charge in [0.05, 0.1) is 12.0 Å². The van der Waals surface area contributed by atoms with Gasteiger partial charge in [-0.15, -0.1) is 0 Å². The predicted molar refractivity (Wildman–Crippen MR) is 46.6 cm³/mol. The molecule has 1 saturated heterocycles. The number of carboxylic acid groups (broad SMARTS) is 1. The summed E-state index contributed by atoms with van der Waals surface area (Å²) < 4.78 is 10.1. The van der Waals surface area contributed by atoms with Crippen LogP contribution in [0.25, 0.3) is 0 Å². The second-order valence-electron chi connectivity index (χ2n) is 3.48. The van der Waals surface area contributed by atoms with E-state index < -0.39 is 11.4 Å². The number of hydrogen-bond donors (Lipinski definition) is 1. The molecule has 1 N–H and O–H groups in total. The van der Waals surface area contributed by atoms with E-state index in [0.717, 1.165) is 6.42 Å². The fourth-order valence-corrected chi connectivity index (χ4v) is 1.62. The van der Waals surface area contributed by atoms with Crippen LogP contribution in [0.5, 0.6) is 0 Å². The Balaban J connectivity index is 2.56. The zero-order valence-corrected chi connectivity index (χ0v) is 7.91. The molecular weight excluding hydrogens is 172 g/mol. The van der Waals surface area contributed by atoms with Crippen LogP contribution in [0.15, 0.2) is 0 Å². The summed E-state index contributed by atoms with van der Waals surface area (Å²) in [5.41, 5.74) is -0.700. The van der Waals surface area contributed by atoms with Crippen LogP contribution in [0.3, 0.4) is 0 Å². The smallest absolute Gasteiger partial charge is 0.312 e. The van der Waals surface area contributed by atoms with Gasteiger partial charge in [0, 0.05) is 20.3 Å². The van der Waals surface area contributed by atoms with Gasteiger partial charge in [-0.25, -0.2) is 0 Å². The van der Waals surface area contributed by atoms with Crippen molar-refractivity contribution in [3.05, 3.63) is 0 Å². The highest BCUT2D eigenvalue weighted by molar-refractivity contribution is 5.74. The van der Waals surface area contributed by atoms with Gasteiger partial charge in [-0.1, -0.05) is 0 Å². The summed E-state index contributed by atoms with van der Waals surface area (Å²) in [6, 6.07) is 0. The molecule has 0 aromatic rings. The van der Waals surface area contributed by atoms with Crippen LogP contribution in [0.4, 0.5) is 0 Å². The molecule has 1 rings (SSSR count). The third-order valence-electron chi connectivity index (χ3n) is 2.56. The van der Waals surface area contributed by atoms with E-state index in [-0.39, 0.29) is 0 Å².